The molecule has 3 rings (SSSR count). The molecule has 1 aromatic rings. The first-order chi connectivity index (χ1) is 9.69. The van der Waals surface area contributed by atoms with Crippen LogP contribution in [0.3, 0.4) is 0 Å². The average molecular weight is 269 g/mol. The number of rotatable bonds is 3. The van der Waals surface area contributed by atoms with Gasteiger partial charge in [0.15, 0.2) is 0 Å². The fourth-order valence-electron chi connectivity index (χ4n) is 3.89. The largest absolute Gasteiger partial charge is 0.299 e. The van der Waals surface area contributed by atoms with Crippen molar-refractivity contribution >= 4 is 5.57 Å². The van der Waals surface area contributed by atoms with Gasteiger partial charge in [-0.25, -0.2) is 0 Å². The van der Waals surface area contributed by atoms with Crippen LogP contribution in [0.25, 0.3) is 5.57 Å². The minimum atomic E-state index is 1.22. The minimum Gasteiger partial charge on any atom is -0.299 e. The molecule has 0 atom stereocenters. The van der Waals surface area contributed by atoms with E-state index in [0.29, 0.717) is 0 Å². The number of benzene rings is 1. The fourth-order valence-corrected chi connectivity index (χ4v) is 3.89. The average Bonchev–Trinajstić information content (AvgIpc) is 2.44. The van der Waals surface area contributed by atoms with Crippen LogP contribution in [0.15, 0.2) is 17.7 Å². The highest BCUT2D eigenvalue weighted by atomic mass is 15.1. The van der Waals surface area contributed by atoms with Crippen LogP contribution in [-0.4, -0.2) is 24.5 Å². The quantitative estimate of drug-likeness (QED) is 0.780. The lowest BCUT2D eigenvalue weighted by Gasteiger charge is -2.35. The van der Waals surface area contributed by atoms with Crippen LogP contribution in [0.2, 0.25) is 0 Å². The molecule has 1 aromatic carbocycles. The molecule has 0 unspecified atom stereocenters. The molecule has 0 spiro atoms. The molecule has 0 fully saturated rings. The Kier molecular flexibility index (Phi) is 3.98. The summed E-state index contributed by atoms with van der Waals surface area (Å²) in [5.74, 6) is 0. The van der Waals surface area contributed by atoms with Gasteiger partial charge in [0.1, 0.15) is 0 Å². The molecule has 0 saturated heterocycles. The zero-order valence-electron chi connectivity index (χ0n) is 13.3. The summed E-state index contributed by atoms with van der Waals surface area (Å²) in [4.78, 5) is 2.66. The van der Waals surface area contributed by atoms with Gasteiger partial charge in [-0.3, -0.25) is 4.90 Å². The van der Waals surface area contributed by atoms with E-state index >= 15 is 0 Å². The van der Waals surface area contributed by atoms with E-state index in [9.17, 15) is 0 Å². The Balaban J connectivity index is 1.89. The number of aryl methyl sites for hydroxylation is 2. The lowest BCUT2D eigenvalue weighted by atomic mass is 9.79. The number of hydrogen-bond donors (Lipinski definition) is 0. The lowest BCUT2D eigenvalue weighted by molar-refractivity contribution is 0.285. The smallest absolute Gasteiger partial charge is 0.0199 e. The van der Waals surface area contributed by atoms with E-state index < -0.39 is 0 Å². The highest BCUT2D eigenvalue weighted by Crippen LogP contribution is 2.38. The van der Waals surface area contributed by atoms with Gasteiger partial charge in [-0.15, -0.1) is 0 Å². The second-order valence-electron chi connectivity index (χ2n) is 6.57. The Bertz CT molecular complexity index is 539. The molecule has 0 amide bonds. The topological polar surface area (TPSA) is 3.24 Å². The molecule has 1 heterocycles. The third-order valence-electron chi connectivity index (χ3n) is 4.97. The van der Waals surface area contributed by atoms with Crippen LogP contribution in [0, 0.1) is 13.8 Å². The molecular formula is C19H27N. The molecule has 0 radical (unpaired) electrons. The third-order valence-corrected chi connectivity index (χ3v) is 4.97. The summed E-state index contributed by atoms with van der Waals surface area (Å²) in [7, 11) is 0. The van der Waals surface area contributed by atoms with Crippen molar-refractivity contribution in [2.75, 3.05) is 19.6 Å². The summed E-state index contributed by atoms with van der Waals surface area (Å²) in [5.41, 5.74) is 9.54. The standard InChI is InChI=1S/C19H27N/c1-4-5-9-20-10-8-18-16(13-20)6-7-17-15(3)11-14(2)12-19(17)18/h11-12H,4-10,13H2,1-3H3. The van der Waals surface area contributed by atoms with Crippen molar-refractivity contribution in [3.05, 3.63) is 40.0 Å². The summed E-state index contributed by atoms with van der Waals surface area (Å²) in [6.45, 7) is 10.6. The molecule has 1 aliphatic carbocycles. The third kappa shape index (κ3) is 2.56. The number of nitrogens with zero attached hydrogens (tertiary/aromatic N) is 1. The van der Waals surface area contributed by atoms with Crippen molar-refractivity contribution in [3.8, 4) is 0 Å². The second kappa shape index (κ2) is 5.73. The van der Waals surface area contributed by atoms with Gasteiger partial charge >= 0.3 is 0 Å². The Hall–Kier alpha value is -1.08. The highest BCUT2D eigenvalue weighted by Gasteiger charge is 2.25. The molecule has 0 bridgehead atoms. The van der Waals surface area contributed by atoms with Crippen LogP contribution in [0.4, 0.5) is 0 Å². The Morgan fingerprint density at radius 1 is 1.10 bits per heavy atom. The van der Waals surface area contributed by atoms with Gasteiger partial charge in [-0.1, -0.05) is 36.6 Å². The number of hydrogen-bond acceptors (Lipinski definition) is 1. The van der Waals surface area contributed by atoms with Crippen molar-refractivity contribution in [2.24, 2.45) is 0 Å². The van der Waals surface area contributed by atoms with E-state index in [0.717, 1.165) is 0 Å². The van der Waals surface area contributed by atoms with Gasteiger partial charge in [0.2, 0.25) is 0 Å². The lowest BCUT2D eigenvalue weighted by Crippen LogP contribution is -2.33. The van der Waals surface area contributed by atoms with Gasteiger partial charge < -0.3 is 0 Å². The first-order valence-corrected chi connectivity index (χ1v) is 8.22. The second-order valence-corrected chi connectivity index (χ2v) is 6.57. The number of unbranched alkanes of at least 4 members (excludes halogenated alkanes) is 1. The first-order valence-electron chi connectivity index (χ1n) is 8.22. The monoisotopic (exact) mass is 269 g/mol. The molecule has 0 saturated carbocycles. The number of fused-ring (bicyclic) bond motifs is 2. The maximum Gasteiger partial charge on any atom is 0.0199 e. The summed E-state index contributed by atoms with van der Waals surface area (Å²) in [6.07, 6.45) is 6.45. The molecule has 1 aliphatic heterocycles. The zero-order valence-corrected chi connectivity index (χ0v) is 13.3. The van der Waals surface area contributed by atoms with Crippen molar-refractivity contribution < 1.29 is 0 Å². The van der Waals surface area contributed by atoms with Gasteiger partial charge in [-0.2, -0.15) is 0 Å². The van der Waals surface area contributed by atoms with E-state index in [1.54, 1.807) is 22.3 Å². The maximum atomic E-state index is 2.66. The molecule has 1 nitrogen and oxygen atoms in total. The van der Waals surface area contributed by atoms with Gasteiger partial charge in [0.05, 0.1) is 0 Å². The van der Waals surface area contributed by atoms with Crippen LogP contribution in [0.5, 0.6) is 0 Å². The maximum absolute atomic E-state index is 2.66. The SMILES string of the molecule is CCCCN1CCC2=C(CCc3c(C)cc(C)cc32)C1. The van der Waals surface area contributed by atoms with Gasteiger partial charge in [-0.05, 0) is 68.3 Å². The van der Waals surface area contributed by atoms with Crippen molar-refractivity contribution in [3.63, 3.8) is 0 Å². The molecule has 108 valence electrons. The van der Waals surface area contributed by atoms with Crippen LogP contribution in [-0.2, 0) is 6.42 Å². The Labute approximate surface area is 123 Å². The van der Waals surface area contributed by atoms with Gasteiger partial charge in [0.25, 0.3) is 0 Å². The van der Waals surface area contributed by atoms with Crippen molar-refractivity contribution in [2.45, 2.75) is 52.9 Å². The van der Waals surface area contributed by atoms with Crippen LogP contribution < -0.4 is 0 Å². The van der Waals surface area contributed by atoms with Crippen LogP contribution >= 0.6 is 0 Å². The predicted molar refractivity (Wildman–Crippen MR) is 87.1 cm³/mol. The molecule has 0 N–H and O–H groups in total. The molecular weight excluding hydrogens is 242 g/mol. The van der Waals surface area contributed by atoms with Crippen molar-refractivity contribution in [1.29, 1.82) is 0 Å². The Morgan fingerprint density at radius 2 is 1.95 bits per heavy atom. The fraction of sp³-hybridized carbons (Fsp3) is 0.579. The minimum absolute atomic E-state index is 1.22. The summed E-state index contributed by atoms with van der Waals surface area (Å²) in [5, 5.41) is 0. The summed E-state index contributed by atoms with van der Waals surface area (Å²) >= 11 is 0. The molecule has 1 heteroatoms. The zero-order chi connectivity index (χ0) is 14.1. The van der Waals surface area contributed by atoms with E-state index in [-0.39, 0.29) is 0 Å². The predicted octanol–water partition coefficient (Wildman–Crippen LogP) is 4.51. The van der Waals surface area contributed by atoms with E-state index in [1.165, 1.54) is 62.9 Å². The van der Waals surface area contributed by atoms with Gasteiger partial charge in [0, 0.05) is 13.1 Å². The van der Waals surface area contributed by atoms with Crippen molar-refractivity contribution in [1.82, 2.24) is 4.90 Å². The van der Waals surface area contributed by atoms with E-state index in [2.05, 4.69) is 37.8 Å². The molecule has 2 aliphatic rings. The highest BCUT2D eigenvalue weighted by molar-refractivity contribution is 5.75. The summed E-state index contributed by atoms with van der Waals surface area (Å²) < 4.78 is 0. The van der Waals surface area contributed by atoms with Crippen LogP contribution in [0.1, 0.15) is 54.9 Å². The molecule has 20 heavy (non-hydrogen) atoms. The normalized spacial score (nSPS) is 18.9. The molecule has 0 aromatic heterocycles. The Morgan fingerprint density at radius 3 is 2.75 bits per heavy atom. The summed E-state index contributed by atoms with van der Waals surface area (Å²) in [6, 6.07) is 4.78. The first kappa shape index (κ1) is 13.9. The van der Waals surface area contributed by atoms with E-state index in [4.69, 9.17) is 0 Å². The van der Waals surface area contributed by atoms with E-state index in [1.807, 2.05) is 0 Å².